The first-order valence-electron chi connectivity index (χ1n) is 10.8. The average Bonchev–Trinajstić information content (AvgIpc) is 2.76. The molecule has 0 heterocycles. The highest BCUT2D eigenvalue weighted by Crippen LogP contribution is 2.15. The zero-order chi connectivity index (χ0) is 21.6. The molecule has 0 N–H and O–H groups in total. The van der Waals surface area contributed by atoms with Gasteiger partial charge >= 0.3 is 11.9 Å². The number of ether oxygens (including phenoxy) is 2. The molecule has 5 heteroatoms. The third-order valence-electron chi connectivity index (χ3n) is 4.86. The third-order valence-corrected chi connectivity index (χ3v) is 5.53. The molecule has 0 spiro atoms. The molecule has 0 atom stereocenters. The molecule has 0 radical (unpaired) electrons. The second kappa shape index (κ2) is 14.2. The molecule has 2 aromatic rings. The second-order valence-electron chi connectivity index (χ2n) is 7.36. The maximum absolute atomic E-state index is 12.5. The molecule has 0 amide bonds. The molecule has 2 rings (SSSR count). The minimum atomic E-state index is -0.520. The van der Waals surface area contributed by atoms with Crippen molar-refractivity contribution in [1.29, 1.82) is 0 Å². The summed E-state index contributed by atoms with van der Waals surface area (Å²) in [5, 5.41) is 0. The van der Waals surface area contributed by atoms with Crippen LogP contribution in [-0.2, 0) is 16.1 Å². The highest BCUT2D eigenvalue weighted by molar-refractivity contribution is 14.1. The van der Waals surface area contributed by atoms with E-state index in [1.54, 1.807) is 24.3 Å². The maximum atomic E-state index is 12.5. The van der Waals surface area contributed by atoms with Gasteiger partial charge in [0.05, 0.1) is 17.7 Å². The van der Waals surface area contributed by atoms with E-state index in [0.29, 0.717) is 6.61 Å². The van der Waals surface area contributed by atoms with Crippen molar-refractivity contribution in [2.24, 2.45) is 0 Å². The van der Waals surface area contributed by atoms with Gasteiger partial charge < -0.3 is 9.47 Å². The molecule has 30 heavy (non-hydrogen) atoms. The molecule has 0 aromatic heterocycles. The fraction of sp³-hybridized carbons (Fsp3) is 0.440. The number of esters is 2. The molecule has 4 nitrogen and oxygen atoms in total. The molecule has 2 aromatic carbocycles. The lowest BCUT2D eigenvalue weighted by atomic mass is 10.1. The molecule has 0 bridgehead atoms. The molecule has 0 aliphatic rings. The van der Waals surface area contributed by atoms with Gasteiger partial charge in [0, 0.05) is 3.57 Å². The summed E-state index contributed by atoms with van der Waals surface area (Å²) in [6, 6.07) is 14.4. The van der Waals surface area contributed by atoms with E-state index >= 15 is 0 Å². The van der Waals surface area contributed by atoms with Gasteiger partial charge in [-0.1, -0.05) is 76.1 Å². The van der Waals surface area contributed by atoms with Crippen molar-refractivity contribution in [3.63, 3.8) is 0 Å². The number of carbonyl (C=O) groups is 2. The highest BCUT2D eigenvalue weighted by Gasteiger charge is 2.19. The number of rotatable bonds is 13. The zero-order valence-corrected chi connectivity index (χ0v) is 19.9. The van der Waals surface area contributed by atoms with Crippen molar-refractivity contribution in [3.8, 4) is 0 Å². The van der Waals surface area contributed by atoms with Gasteiger partial charge in [0.2, 0.25) is 0 Å². The number of benzene rings is 2. The maximum Gasteiger partial charge on any atom is 0.339 e. The Morgan fingerprint density at radius 1 is 0.767 bits per heavy atom. The Kier molecular flexibility index (Phi) is 11.5. The van der Waals surface area contributed by atoms with Crippen LogP contribution in [0.5, 0.6) is 0 Å². The summed E-state index contributed by atoms with van der Waals surface area (Å²) in [5.74, 6) is -0.992. The van der Waals surface area contributed by atoms with Gasteiger partial charge in [-0.25, -0.2) is 9.59 Å². The lowest BCUT2D eigenvalue weighted by molar-refractivity contribution is 0.0436. The lowest BCUT2D eigenvalue weighted by Crippen LogP contribution is -2.14. The summed E-state index contributed by atoms with van der Waals surface area (Å²) in [6.45, 7) is 2.76. The van der Waals surface area contributed by atoms with Crippen molar-refractivity contribution < 1.29 is 19.1 Å². The van der Waals surface area contributed by atoms with Crippen LogP contribution in [0.1, 0.15) is 84.6 Å². The largest absolute Gasteiger partial charge is 0.462 e. The normalized spacial score (nSPS) is 10.6. The first-order chi connectivity index (χ1) is 14.6. The van der Waals surface area contributed by atoms with Gasteiger partial charge in [0.15, 0.2) is 0 Å². The van der Waals surface area contributed by atoms with E-state index in [1.807, 2.05) is 24.3 Å². The van der Waals surface area contributed by atoms with Crippen molar-refractivity contribution in [1.82, 2.24) is 0 Å². The van der Waals surface area contributed by atoms with Crippen LogP contribution >= 0.6 is 22.6 Å². The molecular weight excluding hydrogens is 491 g/mol. The molecule has 0 saturated carbocycles. The standard InChI is InChI=1S/C25H31IO4/c1-2-3-4-5-6-7-8-11-17-29-24(27)22-15-9-10-16-23(22)25(28)30-19-20-13-12-14-21(26)18-20/h9-10,12-16,18H,2-8,11,17,19H2,1H3. The smallest absolute Gasteiger partial charge is 0.339 e. The minimum Gasteiger partial charge on any atom is -0.462 e. The van der Waals surface area contributed by atoms with Gasteiger partial charge in [-0.15, -0.1) is 0 Å². The van der Waals surface area contributed by atoms with E-state index in [4.69, 9.17) is 9.47 Å². The van der Waals surface area contributed by atoms with Crippen molar-refractivity contribution in [2.75, 3.05) is 6.61 Å². The van der Waals surface area contributed by atoms with E-state index in [-0.39, 0.29) is 17.7 Å². The topological polar surface area (TPSA) is 52.6 Å². The van der Waals surface area contributed by atoms with Crippen molar-refractivity contribution in [3.05, 3.63) is 68.8 Å². The third kappa shape index (κ3) is 8.86. The van der Waals surface area contributed by atoms with Crippen LogP contribution in [0.2, 0.25) is 0 Å². The van der Waals surface area contributed by atoms with Crippen LogP contribution in [0.4, 0.5) is 0 Å². The zero-order valence-electron chi connectivity index (χ0n) is 17.7. The van der Waals surface area contributed by atoms with Crippen LogP contribution in [0.15, 0.2) is 48.5 Å². The molecular formula is C25H31IO4. The predicted octanol–water partition coefficient (Wildman–Crippen LogP) is 6.95. The van der Waals surface area contributed by atoms with Crippen molar-refractivity contribution >= 4 is 34.5 Å². The van der Waals surface area contributed by atoms with E-state index in [9.17, 15) is 9.59 Å². The summed E-state index contributed by atoms with van der Waals surface area (Å²) in [5.41, 5.74) is 1.40. The molecule has 0 aliphatic heterocycles. The fourth-order valence-electron chi connectivity index (χ4n) is 3.17. The summed E-state index contributed by atoms with van der Waals surface area (Å²) >= 11 is 2.21. The first-order valence-corrected chi connectivity index (χ1v) is 11.9. The second-order valence-corrected chi connectivity index (χ2v) is 8.61. The Balaban J connectivity index is 1.77. The van der Waals surface area contributed by atoms with Crippen LogP contribution in [-0.4, -0.2) is 18.5 Å². The SMILES string of the molecule is CCCCCCCCCCOC(=O)c1ccccc1C(=O)OCc1cccc(I)c1. The monoisotopic (exact) mass is 522 g/mol. The Morgan fingerprint density at radius 3 is 2.00 bits per heavy atom. The number of hydrogen-bond acceptors (Lipinski definition) is 4. The Labute approximate surface area is 193 Å². The van der Waals surface area contributed by atoms with Crippen LogP contribution in [0, 0.1) is 3.57 Å². The number of carbonyl (C=O) groups excluding carboxylic acids is 2. The van der Waals surface area contributed by atoms with E-state index in [1.165, 1.54) is 38.5 Å². The van der Waals surface area contributed by atoms with E-state index in [0.717, 1.165) is 22.0 Å². The predicted molar refractivity (Wildman–Crippen MR) is 128 cm³/mol. The van der Waals surface area contributed by atoms with Gasteiger partial charge in [0.1, 0.15) is 6.61 Å². The molecule has 0 aliphatic carbocycles. The lowest BCUT2D eigenvalue weighted by Gasteiger charge is -2.10. The van der Waals surface area contributed by atoms with Crippen molar-refractivity contribution in [2.45, 2.75) is 64.9 Å². The Hall–Kier alpha value is -1.89. The minimum absolute atomic E-state index is 0.164. The Bertz CT molecular complexity index is 803. The number of halogens is 1. The quantitative estimate of drug-likeness (QED) is 0.162. The van der Waals surface area contributed by atoms with Gasteiger partial charge in [-0.3, -0.25) is 0 Å². The van der Waals surface area contributed by atoms with Crippen LogP contribution < -0.4 is 0 Å². The van der Waals surface area contributed by atoms with Gasteiger partial charge in [0.25, 0.3) is 0 Å². The molecule has 0 unspecified atom stereocenters. The fourth-order valence-corrected chi connectivity index (χ4v) is 3.78. The number of unbranched alkanes of at least 4 members (excludes halogenated alkanes) is 7. The summed E-state index contributed by atoms with van der Waals surface area (Å²) in [7, 11) is 0. The first kappa shape index (κ1) is 24.4. The molecule has 0 saturated heterocycles. The average molecular weight is 522 g/mol. The Morgan fingerprint density at radius 2 is 1.37 bits per heavy atom. The van der Waals surface area contributed by atoms with E-state index in [2.05, 4.69) is 29.5 Å². The van der Waals surface area contributed by atoms with Gasteiger partial charge in [-0.2, -0.15) is 0 Å². The summed E-state index contributed by atoms with van der Waals surface area (Å²) in [4.78, 5) is 25.0. The number of hydrogen-bond donors (Lipinski definition) is 0. The molecule has 162 valence electrons. The van der Waals surface area contributed by atoms with Gasteiger partial charge in [-0.05, 0) is 58.8 Å². The molecule has 0 fully saturated rings. The van der Waals surface area contributed by atoms with Crippen LogP contribution in [0.3, 0.4) is 0 Å². The summed E-state index contributed by atoms with van der Waals surface area (Å²) < 4.78 is 11.9. The highest BCUT2D eigenvalue weighted by atomic mass is 127. The van der Waals surface area contributed by atoms with E-state index < -0.39 is 11.9 Å². The van der Waals surface area contributed by atoms with Crippen LogP contribution in [0.25, 0.3) is 0 Å². The summed E-state index contributed by atoms with van der Waals surface area (Å²) in [6.07, 6.45) is 9.47.